The maximum atomic E-state index is 10.0. The molecule has 0 aliphatic carbocycles. The molecule has 0 amide bonds. The van der Waals surface area contributed by atoms with E-state index in [1.165, 1.54) is 22.3 Å². The Labute approximate surface area is 177 Å². The molecule has 1 fully saturated rings. The molecule has 5 nitrogen and oxygen atoms in total. The number of aliphatic hydroxyl groups is 1. The predicted octanol–water partition coefficient (Wildman–Crippen LogP) is 4.11. The van der Waals surface area contributed by atoms with Crippen molar-refractivity contribution in [3.63, 3.8) is 0 Å². The highest BCUT2D eigenvalue weighted by Gasteiger charge is 2.43. The molecule has 2 N–H and O–H groups in total. The van der Waals surface area contributed by atoms with E-state index < -0.39 is 0 Å². The van der Waals surface area contributed by atoms with Crippen molar-refractivity contribution in [2.75, 3.05) is 25.6 Å². The zero-order valence-electron chi connectivity index (χ0n) is 17.2. The number of anilines is 1. The summed E-state index contributed by atoms with van der Waals surface area (Å²) in [6.07, 6.45) is 4.80. The molecule has 30 heavy (non-hydrogen) atoms. The first-order chi connectivity index (χ1) is 14.8. The third-order valence-electron chi connectivity index (χ3n) is 6.53. The Bertz CT molecular complexity index is 1010. The molecule has 0 saturated carbocycles. The second kappa shape index (κ2) is 8.09. The van der Waals surface area contributed by atoms with Crippen LogP contribution >= 0.6 is 0 Å². The predicted molar refractivity (Wildman–Crippen MR) is 118 cm³/mol. The van der Waals surface area contributed by atoms with E-state index in [9.17, 15) is 5.11 Å². The maximum Gasteiger partial charge on any atom is 0.118 e. The van der Waals surface area contributed by atoms with Gasteiger partial charge in [-0.1, -0.05) is 18.2 Å². The molecule has 0 bridgehead atoms. The molecule has 154 valence electrons. The number of aromatic nitrogens is 1. The quantitative estimate of drug-likeness (QED) is 0.674. The monoisotopic (exact) mass is 401 g/mol. The van der Waals surface area contributed by atoms with Gasteiger partial charge >= 0.3 is 0 Å². The van der Waals surface area contributed by atoms with Crippen molar-refractivity contribution >= 4 is 5.69 Å². The molecular weight excluding hydrogens is 374 g/mol. The van der Waals surface area contributed by atoms with E-state index >= 15 is 0 Å². The zero-order chi connectivity index (χ0) is 20.5. The summed E-state index contributed by atoms with van der Waals surface area (Å²) in [6.45, 7) is 2.08. The van der Waals surface area contributed by atoms with Gasteiger partial charge in [0.25, 0.3) is 0 Å². The van der Waals surface area contributed by atoms with E-state index in [0.717, 1.165) is 30.9 Å². The highest BCUT2D eigenvalue weighted by molar-refractivity contribution is 5.70. The van der Waals surface area contributed by atoms with Gasteiger partial charge in [0.1, 0.15) is 5.75 Å². The Morgan fingerprint density at radius 2 is 1.83 bits per heavy atom. The summed E-state index contributed by atoms with van der Waals surface area (Å²) in [4.78, 5) is 6.71. The summed E-state index contributed by atoms with van der Waals surface area (Å²) in [5, 5.41) is 13.6. The van der Waals surface area contributed by atoms with Crippen LogP contribution in [0.2, 0.25) is 0 Å². The van der Waals surface area contributed by atoms with Crippen molar-refractivity contribution in [1.29, 1.82) is 0 Å². The molecule has 2 aliphatic rings. The fourth-order valence-electron chi connectivity index (χ4n) is 5.02. The van der Waals surface area contributed by atoms with Crippen LogP contribution in [0.3, 0.4) is 0 Å². The maximum absolute atomic E-state index is 10.0. The number of nitrogens with one attached hydrogen (secondary N) is 1. The first-order valence-corrected chi connectivity index (χ1v) is 10.6. The molecule has 3 aromatic rings. The Hall–Kier alpha value is -2.89. The van der Waals surface area contributed by atoms with Crippen molar-refractivity contribution < 1.29 is 9.84 Å². The zero-order valence-corrected chi connectivity index (χ0v) is 17.2. The Morgan fingerprint density at radius 1 is 1.07 bits per heavy atom. The number of nitrogens with zero attached hydrogens (tertiary/aromatic N) is 2. The lowest BCUT2D eigenvalue weighted by molar-refractivity contribution is 0.172. The lowest BCUT2D eigenvalue weighted by Gasteiger charge is -2.39. The van der Waals surface area contributed by atoms with Crippen molar-refractivity contribution in [2.45, 2.75) is 25.0 Å². The minimum Gasteiger partial charge on any atom is -0.497 e. The van der Waals surface area contributed by atoms with Crippen molar-refractivity contribution in [1.82, 2.24) is 9.88 Å². The van der Waals surface area contributed by atoms with E-state index in [0.29, 0.717) is 12.0 Å². The van der Waals surface area contributed by atoms with Crippen LogP contribution in [0.5, 0.6) is 5.75 Å². The smallest absolute Gasteiger partial charge is 0.118 e. The molecule has 1 saturated heterocycles. The number of fused-ring (bicyclic) bond motifs is 3. The summed E-state index contributed by atoms with van der Waals surface area (Å²) in [5.74, 6) is 1.26. The van der Waals surface area contributed by atoms with Crippen LogP contribution in [-0.2, 0) is 6.54 Å². The average molecular weight is 402 g/mol. The number of rotatable bonds is 5. The second-order valence-electron chi connectivity index (χ2n) is 8.19. The van der Waals surface area contributed by atoms with Gasteiger partial charge in [0.05, 0.1) is 19.8 Å². The summed E-state index contributed by atoms with van der Waals surface area (Å²) in [6, 6.07) is 19.4. The molecular formula is C25H27N3O2. The fraction of sp³-hybridized carbons (Fsp3) is 0.320. The van der Waals surface area contributed by atoms with Gasteiger partial charge in [-0.15, -0.1) is 0 Å². The van der Waals surface area contributed by atoms with E-state index in [-0.39, 0.29) is 12.6 Å². The number of aliphatic hydroxyl groups excluding tert-OH is 1. The molecule has 2 aliphatic heterocycles. The standard InChI is InChI=1S/C25H27N3O2/c1-30-20-5-2-18(3-6-20)19-4-7-23-22(14-19)25-21(24(16-29)27-23)10-13-28(25)15-17-8-11-26-12-9-17/h2-9,11-12,14,21,24-25,27,29H,10,13,15-16H2,1H3/t21?,24-,25-/m0/s1. The normalized spacial score (nSPS) is 22.8. The van der Waals surface area contributed by atoms with Crippen LogP contribution in [0.4, 0.5) is 5.69 Å². The molecule has 5 rings (SSSR count). The van der Waals surface area contributed by atoms with Gasteiger partial charge in [0.15, 0.2) is 0 Å². The first kappa shape index (κ1) is 19.1. The van der Waals surface area contributed by atoms with E-state index in [2.05, 4.69) is 57.7 Å². The van der Waals surface area contributed by atoms with Crippen LogP contribution in [0.25, 0.3) is 11.1 Å². The third kappa shape index (κ3) is 3.44. The van der Waals surface area contributed by atoms with Gasteiger partial charge < -0.3 is 15.2 Å². The number of benzene rings is 2. The lowest BCUT2D eigenvalue weighted by Crippen LogP contribution is -2.41. The number of likely N-dealkylation sites (tertiary alicyclic amines) is 1. The second-order valence-corrected chi connectivity index (χ2v) is 8.19. The SMILES string of the molecule is COc1ccc(-c2ccc3c(c2)[C@@H]2C(CCN2Cc2ccncc2)[C@H](CO)N3)cc1. The fourth-order valence-corrected chi connectivity index (χ4v) is 5.02. The molecule has 5 heteroatoms. The molecule has 0 radical (unpaired) electrons. The summed E-state index contributed by atoms with van der Waals surface area (Å²) < 4.78 is 5.30. The first-order valence-electron chi connectivity index (χ1n) is 10.6. The largest absolute Gasteiger partial charge is 0.497 e. The van der Waals surface area contributed by atoms with Gasteiger partial charge in [0, 0.05) is 36.6 Å². The van der Waals surface area contributed by atoms with Crippen LogP contribution in [0.1, 0.15) is 23.6 Å². The Balaban J connectivity index is 1.51. The van der Waals surface area contributed by atoms with Crippen molar-refractivity contribution in [3.8, 4) is 16.9 Å². The van der Waals surface area contributed by atoms with Gasteiger partial charge in [0.2, 0.25) is 0 Å². The van der Waals surface area contributed by atoms with Gasteiger partial charge in [-0.2, -0.15) is 0 Å². The number of hydrogen-bond acceptors (Lipinski definition) is 5. The average Bonchev–Trinajstić information content (AvgIpc) is 3.23. The third-order valence-corrected chi connectivity index (χ3v) is 6.53. The molecule has 3 heterocycles. The Morgan fingerprint density at radius 3 is 2.57 bits per heavy atom. The van der Waals surface area contributed by atoms with Gasteiger partial charge in [-0.25, -0.2) is 0 Å². The number of pyridine rings is 1. The molecule has 2 aromatic carbocycles. The highest BCUT2D eigenvalue weighted by atomic mass is 16.5. The Kier molecular flexibility index (Phi) is 5.15. The number of ether oxygens (including phenoxy) is 1. The minimum absolute atomic E-state index is 0.0942. The van der Waals surface area contributed by atoms with Crippen molar-refractivity contribution in [3.05, 3.63) is 78.1 Å². The van der Waals surface area contributed by atoms with Crippen LogP contribution in [0.15, 0.2) is 67.0 Å². The molecule has 1 aromatic heterocycles. The van der Waals surface area contributed by atoms with Crippen LogP contribution < -0.4 is 10.1 Å². The summed E-state index contributed by atoms with van der Waals surface area (Å²) >= 11 is 0. The van der Waals surface area contributed by atoms with Gasteiger partial charge in [-0.05, 0) is 71.6 Å². The topological polar surface area (TPSA) is 57.6 Å². The molecule has 1 unspecified atom stereocenters. The van der Waals surface area contributed by atoms with E-state index in [4.69, 9.17) is 4.74 Å². The number of methoxy groups -OCH3 is 1. The van der Waals surface area contributed by atoms with Crippen LogP contribution in [0, 0.1) is 5.92 Å². The highest BCUT2D eigenvalue weighted by Crippen LogP contribution is 2.47. The van der Waals surface area contributed by atoms with Gasteiger partial charge in [-0.3, -0.25) is 9.88 Å². The van der Waals surface area contributed by atoms with Crippen LogP contribution in [-0.4, -0.2) is 41.3 Å². The van der Waals surface area contributed by atoms with E-state index in [1.54, 1.807) is 7.11 Å². The van der Waals surface area contributed by atoms with Crippen molar-refractivity contribution in [2.24, 2.45) is 5.92 Å². The minimum atomic E-state index is 0.0942. The summed E-state index contributed by atoms with van der Waals surface area (Å²) in [7, 11) is 1.69. The molecule has 3 atom stereocenters. The number of hydrogen-bond donors (Lipinski definition) is 2. The lowest BCUT2D eigenvalue weighted by atomic mass is 9.82. The summed E-state index contributed by atoms with van der Waals surface area (Å²) in [5.41, 5.74) is 6.12. The van der Waals surface area contributed by atoms with E-state index in [1.807, 2.05) is 24.5 Å². The molecule has 0 spiro atoms.